The molecule has 2 fully saturated rings. The largest absolute Gasteiger partial charge is 0.497 e. The number of carbonyl (C=O) groups excluding carboxylic acids is 3. The highest BCUT2D eigenvalue weighted by atomic mass is 16.5. The second-order valence-electron chi connectivity index (χ2n) is 5.76. The number of hydrogen-bond acceptors (Lipinski definition) is 4. The number of nitrogens with zero attached hydrogens (tertiary/aromatic N) is 2. The number of benzene rings is 1. The van der Waals surface area contributed by atoms with Crippen molar-refractivity contribution in [2.75, 3.05) is 26.7 Å². The van der Waals surface area contributed by atoms with Gasteiger partial charge in [0.2, 0.25) is 11.8 Å². The number of fused-ring (bicyclic) bond motifs is 1. The number of piperazine rings is 2. The molecule has 122 valence electrons. The summed E-state index contributed by atoms with van der Waals surface area (Å²) >= 11 is 0. The molecule has 3 amide bonds. The Kier molecular flexibility index (Phi) is 3.94. The first-order chi connectivity index (χ1) is 11.0. The van der Waals surface area contributed by atoms with Gasteiger partial charge in [-0.1, -0.05) is 0 Å². The van der Waals surface area contributed by atoms with Crippen LogP contribution in [-0.4, -0.2) is 66.3 Å². The molecule has 1 aromatic carbocycles. The lowest BCUT2D eigenvalue weighted by Gasteiger charge is -2.44. The molecule has 3 rings (SSSR count). The SMILES string of the molecule is COc1ccc(C(=O)N2CCN3C(=O)C(C)NC(=O)C3C2)cc1. The van der Waals surface area contributed by atoms with Crippen LogP contribution in [-0.2, 0) is 9.59 Å². The van der Waals surface area contributed by atoms with Gasteiger partial charge in [0.15, 0.2) is 0 Å². The lowest BCUT2D eigenvalue weighted by molar-refractivity contribution is -0.151. The molecule has 2 aliphatic heterocycles. The molecule has 2 heterocycles. The lowest BCUT2D eigenvalue weighted by atomic mass is 10.0. The highest BCUT2D eigenvalue weighted by molar-refractivity contribution is 5.99. The quantitative estimate of drug-likeness (QED) is 0.824. The van der Waals surface area contributed by atoms with Crippen LogP contribution in [0.25, 0.3) is 0 Å². The Morgan fingerprint density at radius 3 is 2.57 bits per heavy atom. The van der Waals surface area contributed by atoms with Gasteiger partial charge in [-0.05, 0) is 31.2 Å². The Morgan fingerprint density at radius 2 is 1.91 bits per heavy atom. The zero-order chi connectivity index (χ0) is 16.6. The first-order valence-electron chi connectivity index (χ1n) is 7.55. The van der Waals surface area contributed by atoms with Gasteiger partial charge in [0.25, 0.3) is 5.91 Å². The van der Waals surface area contributed by atoms with Crippen molar-refractivity contribution in [2.24, 2.45) is 0 Å². The van der Waals surface area contributed by atoms with Crippen LogP contribution in [0.4, 0.5) is 0 Å². The number of nitrogens with one attached hydrogen (secondary N) is 1. The van der Waals surface area contributed by atoms with E-state index in [4.69, 9.17) is 4.74 Å². The summed E-state index contributed by atoms with van der Waals surface area (Å²) in [5.41, 5.74) is 0.537. The normalized spacial score (nSPS) is 24.1. The third kappa shape index (κ3) is 2.74. The molecule has 23 heavy (non-hydrogen) atoms. The van der Waals surface area contributed by atoms with E-state index < -0.39 is 12.1 Å². The van der Waals surface area contributed by atoms with Crippen molar-refractivity contribution in [2.45, 2.75) is 19.0 Å². The molecule has 2 aliphatic rings. The smallest absolute Gasteiger partial charge is 0.254 e. The maximum Gasteiger partial charge on any atom is 0.254 e. The van der Waals surface area contributed by atoms with Crippen LogP contribution in [0, 0.1) is 0 Å². The van der Waals surface area contributed by atoms with Crippen molar-refractivity contribution < 1.29 is 19.1 Å². The van der Waals surface area contributed by atoms with Gasteiger partial charge in [-0.2, -0.15) is 0 Å². The van der Waals surface area contributed by atoms with Gasteiger partial charge in [0, 0.05) is 18.7 Å². The maximum atomic E-state index is 12.6. The van der Waals surface area contributed by atoms with E-state index in [2.05, 4.69) is 5.32 Å². The van der Waals surface area contributed by atoms with Crippen molar-refractivity contribution in [3.8, 4) is 5.75 Å². The molecule has 2 unspecified atom stereocenters. The number of methoxy groups -OCH3 is 1. The standard InChI is InChI=1S/C16H19N3O4/c1-10-15(21)19-8-7-18(9-13(19)14(20)17-10)16(22)11-3-5-12(23-2)6-4-11/h3-6,10,13H,7-9H2,1-2H3,(H,17,20). The second kappa shape index (κ2) is 5.91. The molecular formula is C16H19N3O4. The number of hydrogen-bond donors (Lipinski definition) is 1. The summed E-state index contributed by atoms with van der Waals surface area (Å²) in [6.07, 6.45) is 0. The molecule has 1 N–H and O–H groups in total. The van der Waals surface area contributed by atoms with Gasteiger partial charge in [-0.15, -0.1) is 0 Å². The minimum atomic E-state index is -0.602. The summed E-state index contributed by atoms with van der Waals surface area (Å²) in [7, 11) is 1.57. The zero-order valence-electron chi connectivity index (χ0n) is 13.1. The topological polar surface area (TPSA) is 79.0 Å². The molecule has 1 aromatic rings. The number of rotatable bonds is 2. The molecule has 0 bridgehead atoms. The Hall–Kier alpha value is -2.57. The predicted octanol–water partition coefficient (Wildman–Crippen LogP) is -0.133. The van der Waals surface area contributed by atoms with Crippen LogP contribution in [0.15, 0.2) is 24.3 Å². The summed E-state index contributed by atoms with van der Waals surface area (Å²) in [4.78, 5) is 40.0. The van der Waals surface area contributed by atoms with Crippen molar-refractivity contribution >= 4 is 17.7 Å². The maximum absolute atomic E-state index is 12.6. The van der Waals surface area contributed by atoms with E-state index in [1.807, 2.05) is 0 Å². The third-order valence-electron chi connectivity index (χ3n) is 4.32. The van der Waals surface area contributed by atoms with Gasteiger partial charge < -0.3 is 19.9 Å². The first kappa shape index (κ1) is 15.3. The molecule has 0 spiro atoms. The Bertz CT molecular complexity index is 643. The molecule has 0 aromatic heterocycles. The van der Waals surface area contributed by atoms with Gasteiger partial charge in [-0.25, -0.2) is 0 Å². The predicted molar refractivity (Wildman–Crippen MR) is 82.0 cm³/mol. The summed E-state index contributed by atoms with van der Waals surface area (Å²) < 4.78 is 5.08. The van der Waals surface area contributed by atoms with E-state index in [9.17, 15) is 14.4 Å². The number of ether oxygens (including phenoxy) is 1. The Morgan fingerprint density at radius 1 is 1.22 bits per heavy atom. The van der Waals surface area contributed by atoms with Crippen molar-refractivity contribution in [3.05, 3.63) is 29.8 Å². The van der Waals surface area contributed by atoms with Gasteiger partial charge in [0.1, 0.15) is 17.8 Å². The molecule has 2 atom stereocenters. The monoisotopic (exact) mass is 317 g/mol. The van der Waals surface area contributed by atoms with Crippen molar-refractivity contribution in [1.82, 2.24) is 15.1 Å². The molecular weight excluding hydrogens is 298 g/mol. The van der Waals surface area contributed by atoms with Crippen LogP contribution in [0.1, 0.15) is 17.3 Å². The highest BCUT2D eigenvalue weighted by Gasteiger charge is 2.42. The average Bonchev–Trinajstić information content (AvgIpc) is 2.59. The molecule has 0 radical (unpaired) electrons. The first-order valence-corrected chi connectivity index (χ1v) is 7.55. The molecule has 2 saturated heterocycles. The minimum Gasteiger partial charge on any atom is -0.497 e. The summed E-state index contributed by atoms with van der Waals surface area (Å²) in [5, 5.41) is 2.66. The molecule has 0 saturated carbocycles. The average molecular weight is 317 g/mol. The number of carbonyl (C=O) groups is 3. The van der Waals surface area contributed by atoms with E-state index in [0.717, 1.165) is 0 Å². The molecule has 7 heteroatoms. The van der Waals surface area contributed by atoms with Gasteiger partial charge in [0.05, 0.1) is 13.7 Å². The van der Waals surface area contributed by atoms with Crippen LogP contribution in [0.2, 0.25) is 0 Å². The van der Waals surface area contributed by atoms with E-state index in [-0.39, 0.29) is 24.3 Å². The van der Waals surface area contributed by atoms with Crippen LogP contribution >= 0.6 is 0 Å². The Labute approximate surface area is 134 Å². The van der Waals surface area contributed by atoms with Gasteiger partial charge in [-0.3, -0.25) is 14.4 Å². The fraction of sp³-hybridized carbons (Fsp3) is 0.438. The summed E-state index contributed by atoms with van der Waals surface area (Å²) in [6, 6.07) is 5.74. The summed E-state index contributed by atoms with van der Waals surface area (Å²) in [6.45, 7) is 2.69. The van der Waals surface area contributed by atoms with E-state index in [0.29, 0.717) is 24.4 Å². The van der Waals surface area contributed by atoms with E-state index >= 15 is 0 Å². The third-order valence-corrected chi connectivity index (χ3v) is 4.32. The molecule has 7 nitrogen and oxygen atoms in total. The highest BCUT2D eigenvalue weighted by Crippen LogP contribution is 2.19. The van der Waals surface area contributed by atoms with Crippen molar-refractivity contribution in [1.29, 1.82) is 0 Å². The van der Waals surface area contributed by atoms with Crippen LogP contribution in [0.3, 0.4) is 0 Å². The van der Waals surface area contributed by atoms with Crippen LogP contribution in [0.5, 0.6) is 5.75 Å². The van der Waals surface area contributed by atoms with Gasteiger partial charge >= 0.3 is 0 Å². The summed E-state index contributed by atoms with van der Waals surface area (Å²) in [5.74, 6) is 0.235. The van der Waals surface area contributed by atoms with E-state index in [1.165, 1.54) is 0 Å². The van der Waals surface area contributed by atoms with Crippen molar-refractivity contribution in [3.63, 3.8) is 0 Å². The molecule has 0 aliphatic carbocycles. The van der Waals surface area contributed by atoms with Crippen LogP contribution < -0.4 is 10.1 Å². The Balaban J connectivity index is 1.74. The van der Waals surface area contributed by atoms with E-state index in [1.54, 1.807) is 48.1 Å². The fourth-order valence-electron chi connectivity index (χ4n) is 2.99. The fourth-order valence-corrected chi connectivity index (χ4v) is 2.99. The lowest BCUT2D eigenvalue weighted by Crippen LogP contribution is -2.69. The zero-order valence-corrected chi connectivity index (χ0v) is 13.1. The minimum absolute atomic E-state index is 0.0915. The second-order valence-corrected chi connectivity index (χ2v) is 5.76. The number of amides is 3.